The molecule has 0 aromatic heterocycles. The molecular weight excluding hydrogens is 206 g/mol. The van der Waals surface area contributed by atoms with E-state index >= 15 is 0 Å². The number of benzene rings is 1. The van der Waals surface area contributed by atoms with Crippen molar-refractivity contribution in [1.29, 1.82) is 0 Å². The molecule has 0 saturated carbocycles. The van der Waals surface area contributed by atoms with Gasteiger partial charge in [-0.1, -0.05) is 0 Å². The van der Waals surface area contributed by atoms with Crippen LogP contribution in [0.4, 0.5) is 0 Å². The van der Waals surface area contributed by atoms with Crippen LogP contribution >= 0.6 is 7.82 Å². The van der Waals surface area contributed by atoms with Crippen molar-refractivity contribution in [3.05, 3.63) is 36.4 Å². The van der Waals surface area contributed by atoms with Crippen LogP contribution in [0.15, 0.2) is 30.3 Å². The molecule has 1 aromatic rings. The molecule has 0 heterocycles. The van der Waals surface area contributed by atoms with E-state index in [0.29, 0.717) is 0 Å². The minimum absolute atomic E-state index is 0. The third kappa shape index (κ3) is 22.4. The van der Waals surface area contributed by atoms with Gasteiger partial charge in [-0.15, -0.1) is 0 Å². The van der Waals surface area contributed by atoms with E-state index in [9.17, 15) is 0 Å². The molecule has 0 bridgehead atoms. The quantitative estimate of drug-likeness (QED) is 0.255. The van der Waals surface area contributed by atoms with Gasteiger partial charge in [0.15, 0.2) is 0 Å². The van der Waals surface area contributed by atoms with Gasteiger partial charge in [-0.2, -0.15) is 36.4 Å². The predicted octanol–water partition coefficient (Wildman–Crippen LogP) is -2.44. The average molecular weight is 214 g/mol. The minimum Gasteiger partial charge on any atom is -0.303 e. The third-order valence-electron chi connectivity index (χ3n) is 0.607. The number of hydrogen-bond donors (Lipinski definition) is 3. The maximum absolute atomic E-state index is 8.88. The summed E-state index contributed by atoms with van der Waals surface area (Å²) in [5.74, 6) is 0. The van der Waals surface area contributed by atoms with Crippen molar-refractivity contribution in [2.24, 2.45) is 0 Å². The molecule has 0 radical (unpaired) electrons. The van der Waals surface area contributed by atoms with Crippen LogP contribution in [0.5, 0.6) is 0 Å². The molecule has 0 amide bonds. The second kappa shape index (κ2) is 8.56. The van der Waals surface area contributed by atoms with E-state index in [1.165, 1.54) is 0 Å². The van der Waals surface area contributed by atoms with Crippen molar-refractivity contribution in [3.8, 4) is 0 Å². The summed E-state index contributed by atoms with van der Waals surface area (Å²) >= 11 is 0. The molecule has 0 aliphatic carbocycles. The molecule has 6 heteroatoms. The molecule has 0 saturated heterocycles. The van der Waals surface area contributed by atoms with Gasteiger partial charge in [-0.05, 0) is 0 Å². The van der Waals surface area contributed by atoms with Gasteiger partial charge in [0.2, 0.25) is 0 Å². The zero-order valence-corrected chi connectivity index (χ0v) is 10.6. The molecule has 3 N–H and O–H groups in total. The first-order valence-electron chi connectivity index (χ1n) is 2.69. The maximum Gasteiger partial charge on any atom is 1.00 e. The van der Waals surface area contributed by atoms with Crippen LogP contribution in [0.3, 0.4) is 0 Å². The zero-order chi connectivity index (χ0) is 8.74. The third-order valence-corrected chi connectivity index (χ3v) is 0.607. The predicted molar refractivity (Wildman–Crippen MR) is 39.5 cm³/mol. The van der Waals surface area contributed by atoms with E-state index in [1.54, 1.807) is 0 Å². The van der Waals surface area contributed by atoms with Crippen LogP contribution in [0.2, 0.25) is 0 Å². The van der Waals surface area contributed by atoms with Gasteiger partial charge in [-0.3, -0.25) is 0 Å². The normalized spacial score (nSPS) is 8.92. The van der Waals surface area contributed by atoms with E-state index < -0.39 is 7.82 Å². The molecule has 0 aliphatic heterocycles. The molecule has 0 unspecified atom stereocenters. The monoisotopic (exact) mass is 214 g/mol. The van der Waals surface area contributed by atoms with E-state index in [1.807, 2.05) is 30.3 Å². The Bertz CT molecular complexity index is 187. The van der Waals surface area contributed by atoms with Crippen molar-refractivity contribution in [1.82, 2.24) is 0 Å². The van der Waals surface area contributed by atoms with E-state index in [2.05, 4.69) is 6.07 Å². The van der Waals surface area contributed by atoms with Gasteiger partial charge in [0.25, 0.3) is 0 Å². The summed E-state index contributed by atoms with van der Waals surface area (Å²) in [4.78, 5) is 21.6. The number of hydrogen-bond acceptors (Lipinski definition) is 1. The Kier molecular flexibility index (Phi) is 11.0. The van der Waals surface area contributed by atoms with E-state index in [-0.39, 0.29) is 51.4 Å². The fraction of sp³-hybridized carbons (Fsp3) is 0. The van der Waals surface area contributed by atoms with Crippen LogP contribution < -0.4 is 51.4 Å². The Labute approximate surface area is 113 Å². The second-order valence-electron chi connectivity index (χ2n) is 1.59. The smallest absolute Gasteiger partial charge is 0.303 e. The van der Waals surface area contributed by atoms with Crippen molar-refractivity contribution in [3.63, 3.8) is 0 Å². The van der Waals surface area contributed by atoms with Crippen LogP contribution in [0.25, 0.3) is 0 Å². The van der Waals surface area contributed by atoms with Gasteiger partial charge in [0.1, 0.15) is 0 Å². The Morgan fingerprint density at radius 1 is 1.00 bits per heavy atom. The summed E-state index contributed by atoms with van der Waals surface area (Å²) in [6, 6.07) is 12.5. The fourth-order valence-electron chi connectivity index (χ4n) is 0.342. The fourth-order valence-corrected chi connectivity index (χ4v) is 0.342. The summed E-state index contributed by atoms with van der Waals surface area (Å²) in [5, 5.41) is 0. The Hall–Kier alpha value is 0.966. The first-order valence-corrected chi connectivity index (χ1v) is 4.26. The van der Waals surface area contributed by atoms with Gasteiger partial charge < -0.3 is 14.7 Å². The summed E-state index contributed by atoms with van der Waals surface area (Å²) in [7, 11) is -4.64. The largest absolute Gasteiger partial charge is 1.00 e. The maximum atomic E-state index is 8.88. The molecule has 0 spiro atoms. The summed E-state index contributed by atoms with van der Waals surface area (Å²) in [6.45, 7) is 0. The van der Waals surface area contributed by atoms with Gasteiger partial charge in [0, 0.05) is 0 Å². The topological polar surface area (TPSA) is 77.8 Å². The second-order valence-corrected chi connectivity index (χ2v) is 2.62. The summed E-state index contributed by atoms with van der Waals surface area (Å²) in [5.41, 5.74) is 0. The Morgan fingerprint density at radius 3 is 1.42 bits per heavy atom. The van der Waals surface area contributed by atoms with E-state index in [4.69, 9.17) is 19.2 Å². The average Bonchev–Trinajstić information content (AvgIpc) is 1.88. The van der Waals surface area contributed by atoms with Crippen molar-refractivity contribution < 1.29 is 70.6 Å². The standard InChI is InChI=1S/C6H5.K.H3O4P/c1-2-4-6-5-3-1;;1-5(2,3)4/h1-5H;;(H3,1,2,3,4)/q-1;+1;. The van der Waals surface area contributed by atoms with Gasteiger partial charge >= 0.3 is 59.2 Å². The van der Waals surface area contributed by atoms with Crippen molar-refractivity contribution in [2.45, 2.75) is 0 Å². The first kappa shape index (κ1) is 15.4. The van der Waals surface area contributed by atoms with E-state index in [0.717, 1.165) is 0 Å². The molecule has 4 nitrogen and oxygen atoms in total. The molecule has 1 rings (SSSR count). The molecule has 0 atom stereocenters. The summed E-state index contributed by atoms with van der Waals surface area (Å²) < 4.78 is 8.88. The van der Waals surface area contributed by atoms with Crippen molar-refractivity contribution >= 4 is 7.82 Å². The van der Waals surface area contributed by atoms with Crippen molar-refractivity contribution in [2.75, 3.05) is 0 Å². The SMILES string of the molecule is O=P(O)(O)O.[K+].[c-]1ccccc1. The summed E-state index contributed by atoms with van der Waals surface area (Å²) in [6.07, 6.45) is 0. The van der Waals surface area contributed by atoms with Crippen LogP contribution in [-0.2, 0) is 4.57 Å². The zero-order valence-electron chi connectivity index (χ0n) is 6.58. The molecule has 1 aromatic carbocycles. The first-order chi connectivity index (χ1) is 5.00. The Balaban J connectivity index is 0. The van der Waals surface area contributed by atoms with Crippen LogP contribution in [-0.4, -0.2) is 14.7 Å². The molecule has 12 heavy (non-hydrogen) atoms. The van der Waals surface area contributed by atoms with Crippen LogP contribution in [0.1, 0.15) is 0 Å². The number of rotatable bonds is 0. The molecular formula is C6H8KO4P. The van der Waals surface area contributed by atoms with Gasteiger partial charge in [-0.25, -0.2) is 4.57 Å². The number of phosphoric acid groups is 1. The molecule has 62 valence electrons. The minimum atomic E-state index is -4.64. The van der Waals surface area contributed by atoms with Crippen LogP contribution in [0, 0.1) is 6.07 Å². The van der Waals surface area contributed by atoms with Gasteiger partial charge in [0.05, 0.1) is 0 Å². The molecule has 0 fully saturated rings. The Morgan fingerprint density at radius 2 is 1.33 bits per heavy atom. The molecule has 0 aliphatic rings.